The van der Waals surface area contributed by atoms with Crippen molar-refractivity contribution in [3.63, 3.8) is 0 Å². The van der Waals surface area contributed by atoms with Crippen molar-refractivity contribution in [1.82, 2.24) is 14.9 Å². The molecule has 2 heterocycles. The molecule has 1 fully saturated rings. The van der Waals surface area contributed by atoms with Crippen molar-refractivity contribution in [2.24, 2.45) is 0 Å². The molecule has 1 atom stereocenters. The Morgan fingerprint density at radius 1 is 1.44 bits per heavy atom. The van der Waals surface area contributed by atoms with Crippen LogP contribution < -0.4 is 4.90 Å². The highest BCUT2D eigenvalue weighted by Crippen LogP contribution is 2.17. The molecule has 1 N–H and O–H groups in total. The minimum atomic E-state index is -1.04. The first kappa shape index (κ1) is 12.8. The van der Waals surface area contributed by atoms with Crippen LogP contribution in [0.4, 0.5) is 5.82 Å². The summed E-state index contributed by atoms with van der Waals surface area (Å²) >= 11 is 0. The SMILES string of the molecule is CC1CN(C)CCCN1c1cncc(C(=O)O)n1. The summed E-state index contributed by atoms with van der Waals surface area (Å²) < 4.78 is 0. The number of likely N-dealkylation sites (N-methyl/N-ethyl adjacent to an activating group) is 1. The van der Waals surface area contributed by atoms with Gasteiger partial charge in [0.1, 0.15) is 5.82 Å². The smallest absolute Gasteiger partial charge is 0.356 e. The Morgan fingerprint density at radius 2 is 2.22 bits per heavy atom. The maximum absolute atomic E-state index is 10.9. The second kappa shape index (κ2) is 5.30. The molecule has 0 saturated carbocycles. The lowest BCUT2D eigenvalue weighted by atomic mass is 10.2. The molecule has 1 aliphatic heterocycles. The summed E-state index contributed by atoms with van der Waals surface area (Å²) in [5, 5.41) is 8.94. The van der Waals surface area contributed by atoms with Gasteiger partial charge in [0.05, 0.1) is 12.4 Å². The van der Waals surface area contributed by atoms with Crippen LogP contribution in [0.15, 0.2) is 12.4 Å². The normalized spacial score (nSPS) is 21.7. The highest BCUT2D eigenvalue weighted by Gasteiger charge is 2.21. The quantitative estimate of drug-likeness (QED) is 0.833. The van der Waals surface area contributed by atoms with Gasteiger partial charge in [0.2, 0.25) is 0 Å². The van der Waals surface area contributed by atoms with E-state index in [1.807, 2.05) is 0 Å². The first-order chi connectivity index (χ1) is 8.58. The summed E-state index contributed by atoms with van der Waals surface area (Å²) in [5.41, 5.74) is -0.00250. The highest BCUT2D eigenvalue weighted by atomic mass is 16.4. The third-order valence-corrected chi connectivity index (χ3v) is 3.18. The Balaban J connectivity index is 2.24. The average Bonchev–Trinajstić information content (AvgIpc) is 2.50. The van der Waals surface area contributed by atoms with E-state index in [2.05, 4.69) is 33.7 Å². The van der Waals surface area contributed by atoms with Crippen LogP contribution in [-0.2, 0) is 0 Å². The number of aromatic carboxylic acids is 1. The third kappa shape index (κ3) is 2.76. The minimum Gasteiger partial charge on any atom is -0.476 e. The van der Waals surface area contributed by atoms with Crippen LogP contribution in [0.1, 0.15) is 23.8 Å². The fraction of sp³-hybridized carbons (Fsp3) is 0.583. The second-order valence-electron chi connectivity index (χ2n) is 4.73. The van der Waals surface area contributed by atoms with Crippen LogP contribution in [-0.4, -0.2) is 58.7 Å². The molecule has 1 aromatic rings. The van der Waals surface area contributed by atoms with E-state index in [0.29, 0.717) is 11.9 Å². The predicted octanol–water partition coefficient (Wildman–Crippen LogP) is 0.705. The van der Waals surface area contributed by atoms with E-state index in [4.69, 9.17) is 5.11 Å². The third-order valence-electron chi connectivity index (χ3n) is 3.18. The monoisotopic (exact) mass is 250 g/mol. The van der Waals surface area contributed by atoms with Crippen LogP contribution in [0, 0.1) is 0 Å². The molecule has 1 aliphatic rings. The lowest BCUT2D eigenvalue weighted by Gasteiger charge is -2.28. The average molecular weight is 250 g/mol. The van der Waals surface area contributed by atoms with Crippen molar-refractivity contribution in [3.05, 3.63) is 18.1 Å². The lowest BCUT2D eigenvalue weighted by molar-refractivity contribution is 0.0690. The number of carboxylic acid groups (broad SMARTS) is 1. The molecule has 1 unspecified atom stereocenters. The number of carboxylic acids is 1. The van der Waals surface area contributed by atoms with Crippen molar-refractivity contribution in [2.75, 3.05) is 31.6 Å². The fourth-order valence-corrected chi connectivity index (χ4v) is 2.31. The Kier molecular flexibility index (Phi) is 3.76. The summed E-state index contributed by atoms with van der Waals surface area (Å²) in [6.07, 6.45) is 3.95. The van der Waals surface area contributed by atoms with Crippen LogP contribution in [0.5, 0.6) is 0 Å². The van der Waals surface area contributed by atoms with E-state index in [1.54, 1.807) is 6.20 Å². The summed E-state index contributed by atoms with van der Waals surface area (Å²) in [6.45, 7) is 4.99. The van der Waals surface area contributed by atoms with E-state index in [-0.39, 0.29) is 5.69 Å². The van der Waals surface area contributed by atoms with Gasteiger partial charge < -0.3 is 14.9 Å². The number of hydrogen-bond acceptors (Lipinski definition) is 5. The fourth-order valence-electron chi connectivity index (χ4n) is 2.31. The van der Waals surface area contributed by atoms with Gasteiger partial charge in [0.15, 0.2) is 5.69 Å². The molecule has 18 heavy (non-hydrogen) atoms. The van der Waals surface area contributed by atoms with Crippen molar-refractivity contribution >= 4 is 11.8 Å². The molecule has 0 spiro atoms. The van der Waals surface area contributed by atoms with Gasteiger partial charge in [-0.3, -0.25) is 4.98 Å². The van der Waals surface area contributed by atoms with E-state index in [0.717, 1.165) is 26.1 Å². The number of aromatic nitrogens is 2. The highest BCUT2D eigenvalue weighted by molar-refractivity contribution is 5.85. The van der Waals surface area contributed by atoms with Crippen LogP contribution in [0.3, 0.4) is 0 Å². The molecular formula is C12H18N4O2. The molecule has 98 valence electrons. The molecule has 1 saturated heterocycles. The number of nitrogens with zero attached hydrogens (tertiary/aromatic N) is 4. The van der Waals surface area contributed by atoms with Gasteiger partial charge in [-0.05, 0) is 26.9 Å². The van der Waals surface area contributed by atoms with E-state index in [9.17, 15) is 4.79 Å². The molecule has 0 bridgehead atoms. The topological polar surface area (TPSA) is 69.6 Å². The van der Waals surface area contributed by atoms with Crippen LogP contribution in [0.25, 0.3) is 0 Å². The Hall–Kier alpha value is -1.69. The number of carbonyl (C=O) groups is 1. The molecule has 2 rings (SSSR count). The molecule has 6 heteroatoms. The van der Waals surface area contributed by atoms with Crippen molar-refractivity contribution < 1.29 is 9.90 Å². The molecule has 0 aromatic carbocycles. The molecule has 1 aromatic heterocycles. The van der Waals surface area contributed by atoms with Gasteiger partial charge in [-0.25, -0.2) is 9.78 Å². The number of rotatable bonds is 2. The summed E-state index contributed by atoms with van der Waals surface area (Å²) in [6, 6.07) is 0.302. The predicted molar refractivity (Wildman–Crippen MR) is 67.9 cm³/mol. The second-order valence-corrected chi connectivity index (χ2v) is 4.73. The standard InChI is InChI=1S/C12H18N4O2/c1-9-8-15(2)4-3-5-16(9)11-7-13-6-10(14-11)12(17)18/h6-7,9H,3-5,8H2,1-2H3,(H,17,18). The van der Waals surface area contributed by atoms with Gasteiger partial charge in [0.25, 0.3) is 0 Å². The van der Waals surface area contributed by atoms with Gasteiger partial charge in [-0.15, -0.1) is 0 Å². The molecule has 6 nitrogen and oxygen atoms in total. The maximum atomic E-state index is 10.9. The van der Waals surface area contributed by atoms with Crippen molar-refractivity contribution in [1.29, 1.82) is 0 Å². The zero-order chi connectivity index (χ0) is 13.1. The van der Waals surface area contributed by atoms with Gasteiger partial charge >= 0.3 is 5.97 Å². The Labute approximate surface area is 106 Å². The first-order valence-corrected chi connectivity index (χ1v) is 6.08. The molecule has 0 amide bonds. The van der Waals surface area contributed by atoms with E-state index < -0.39 is 5.97 Å². The Bertz CT molecular complexity index is 438. The zero-order valence-electron chi connectivity index (χ0n) is 10.7. The molecular weight excluding hydrogens is 232 g/mol. The van der Waals surface area contributed by atoms with Gasteiger partial charge in [0, 0.05) is 19.1 Å². The summed E-state index contributed by atoms with van der Waals surface area (Å²) in [5.74, 6) is -0.387. The molecule has 0 aliphatic carbocycles. The summed E-state index contributed by atoms with van der Waals surface area (Å²) in [7, 11) is 2.10. The first-order valence-electron chi connectivity index (χ1n) is 6.08. The van der Waals surface area contributed by atoms with Crippen LogP contribution in [0.2, 0.25) is 0 Å². The van der Waals surface area contributed by atoms with Crippen molar-refractivity contribution in [3.8, 4) is 0 Å². The lowest BCUT2D eigenvalue weighted by Crippen LogP contribution is -2.38. The number of anilines is 1. The van der Waals surface area contributed by atoms with Crippen LogP contribution >= 0.6 is 0 Å². The van der Waals surface area contributed by atoms with E-state index >= 15 is 0 Å². The van der Waals surface area contributed by atoms with Gasteiger partial charge in [-0.2, -0.15) is 0 Å². The largest absolute Gasteiger partial charge is 0.476 e. The van der Waals surface area contributed by atoms with E-state index in [1.165, 1.54) is 6.20 Å². The number of hydrogen-bond donors (Lipinski definition) is 1. The Morgan fingerprint density at radius 3 is 2.94 bits per heavy atom. The maximum Gasteiger partial charge on any atom is 0.356 e. The van der Waals surface area contributed by atoms with Gasteiger partial charge in [-0.1, -0.05) is 0 Å². The minimum absolute atomic E-state index is 0.00250. The van der Waals surface area contributed by atoms with Crippen molar-refractivity contribution in [2.45, 2.75) is 19.4 Å². The molecule has 0 radical (unpaired) electrons. The summed E-state index contributed by atoms with van der Waals surface area (Å²) in [4.78, 5) is 23.4. The zero-order valence-corrected chi connectivity index (χ0v) is 10.7.